The highest BCUT2D eigenvalue weighted by Crippen LogP contribution is 2.26. The summed E-state index contributed by atoms with van der Waals surface area (Å²) in [6.07, 6.45) is 3.67. The largest absolute Gasteiger partial charge is 0.393 e. The van der Waals surface area contributed by atoms with Crippen molar-refractivity contribution in [3.05, 3.63) is 28.3 Å². The number of nitrogens with one attached hydrogen (secondary N) is 1. The van der Waals surface area contributed by atoms with E-state index >= 15 is 0 Å². The van der Waals surface area contributed by atoms with Crippen molar-refractivity contribution in [1.82, 2.24) is 5.32 Å². The highest BCUT2D eigenvalue weighted by Gasteiger charge is 2.17. The van der Waals surface area contributed by atoms with Crippen molar-refractivity contribution in [3.63, 3.8) is 0 Å². The van der Waals surface area contributed by atoms with Gasteiger partial charge in [-0.05, 0) is 31.5 Å². The number of nitro groups is 1. The van der Waals surface area contributed by atoms with Crippen LogP contribution in [0.5, 0.6) is 0 Å². The Labute approximate surface area is 112 Å². The zero-order valence-electron chi connectivity index (χ0n) is 11.1. The normalized spacial score (nSPS) is 19.1. The van der Waals surface area contributed by atoms with Gasteiger partial charge in [0.25, 0.3) is 5.69 Å². The highest BCUT2D eigenvalue weighted by atomic mass is 16.6. The molecule has 6 nitrogen and oxygen atoms in total. The van der Waals surface area contributed by atoms with Gasteiger partial charge in [-0.3, -0.25) is 10.1 Å². The molecule has 6 heteroatoms. The second-order valence-electron chi connectivity index (χ2n) is 5.03. The van der Waals surface area contributed by atoms with Crippen LogP contribution in [0.15, 0.2) is 18.2 Å². The first-order valence-corrected chi connectivity index (χ1v) is 6.56. The average Bonchev–Trinajstić information content (AvgIpc) is 2.39. The molecule has 19 heavy (non-hydrogen) atoms. The zero-order chi connectivity index (χ0) is 13.8. The minimum absolute atomic E-state index is 0.0343. The molecule has 3 N–H and O–H groups in total. The van der Waals surface area contributed by atoms with Crippen molar-refractivity contribution in [2.45, 2.75) is 25.3 Å². The molecule has 1 unspecified atom stereocenters. The van der Waals surface area contributed by atoms with Gasteiger partial charge in [0.15, 0.2) is 0 Å². The van der Waals surface area contributed by atoms with E-state index < -0.39 is 4.92 Å². The summed E-state index contributed by atoms with van der Waals surface area (Å²) < 4.78 is 0. The molecule has 1 aliphatic heterocycles. The number of piperidine rings is 1. The molecule has 1 aromatic carbocycles. The molecule has 1 atom stereocenters. The molecule has 1 fully saturated rings. The smallest absolute Gasteiger partial charge is 0.292 e. The number of nitrogens with two attached hydrogens (primary N) is 1. The molecule has 0 spiro atoms. The van der Waals surface area contributed by atoms with Crippen LogP contribution in [0.2, 0.25) is 0 Å². The lowest BCUT2D eigenvalue weighted by molar-refractivity contribution is -0.383. The Morgan fingerprint density at radius 3 is 2.89 bits per heavy atom. The van der Waals surface area contributed by atoms with Crippen LogP contribution in [0.4, 0.5) is 17.1 Å². The highest BCUT2D eigenvalue weighted by molar-refractivity contribution is 5.66. The second-order valence-corrected chi connectivity index (χ2v) is 5.03. The molecule has 0 bridgehead atoms. The molecule has 1 heterocycles. The number of hydrogen-bond acceptors (Lipinski definition) is 5. The molecule has 0 aromatic heterocycles. The van der Waals surface area contributed by atoms with Crippen molar-refractivity contribution < 1.29 is 4.92 Å². The Balaban J connectivity index is 2.04. The summed E-state index contributed by atoms with van der Waals surface area (Å²) in [5.41, 5.74) is 6.80. The van der Waals surface area contributed by atoms with Gasteiger partial charge in [-0.25, -0.2) is 0 Å². The van der Waals surface area contributed by atoms with Crippen LogP contribution in [-0.2, 0) is 0 Å². The molecule has 1 aromatic rings. The van der Waals surface area contributed by atoms with Crippen molar-refractivity contribution in [2.24, 2.45) is 0 Å². The number of nitrogen functional groups attached to an aromatic ring is 1. The first kappa shape index (κ1) is 13.6. The lowest BCUT2D eigenvalue weighted by atomic mass is 10.0. The summed E-state index contributed by atoms with van der Waals surface area (Å²) in [6.45, 7) is 1.96. The van der Waals surface area contributed by atoms with Crippen molar-refractivity contribution in [1.29, 1.82) is 0 Å². The summed E-state index contributed by atoms with van der Waals surface area (Å²) >= 11 is 0. The summed E-state index contributed by atoms with van der Waals surface area (Å²) in [5, 5.41) is 14.2. The summed E-state index contributed by atoms with van der Waals surface area (Å²) in [6, 6.07) is 5.36. The summed E-state index contributed by atoms with van der Waals surface area (Å²) in [4.78, 5) is 12.4. The second kappa shape index (κ2) is 5.88. The number of hydrogen-bond donors (Lipinski definition) is 2. The SMILES string of the molecule is CN(CC1CCCCN1)c1ccc([N+](=O)[O-])c(N)c1. The van der Waals surface area contributed by atoms with Gasteiger partial charge in [0.1, 0.15) is 5.69 Å². The van der Waals surface area contributed by atoms with E-state index in [1.807, 2.05) is 7.05 Å². The molecule has 0 saturated carbocycles. The van der Waals surface area contributed by atoms with Gasteiger partial charge in [-0.15, -0.1) is 0 Å². The van der Waals surface area contributed by atoms with E-state index in [0.29, 0.717) is 6.04 Å². The monoisotopic (exact) mass is 264 g/mol. The number of nitrogens with zero attached hydrogens (tertiary/aromatic N) is 2. The molecule has 1 aliphatic rings. The van der Waals surface area contributed by atoms with E-state index in [2.05, 4.69) is 10.2 Å². The van der Waals surface area contributed by atoms with Crippen molar-refractivity contribution in [2.75, 3.05) is 30.8 Å². The number of rotatable bonds is 4. The summed E-state index contributed by atoms with van der Waals surface area (Å²) in [5.74, 6) is 0. The fraction of sp³-hybridized carbons (Fsp3) is 0.538. The molecule has 104 valence electrons. The van der Waals surface area contributed by atoms with Crippen LogP contribution in [0.1, 0.15) is 19.3 Å². The average molecular weight is 264 g/mol. The van der Waals surface area contributed by atoms with E-state index in [4.69, 9.17) is 5.73 Å². The standard InChI is InChI=1S/C13H20N4O2/c1-16(9-10-4-2-3-7-15-10)11-5-6-13(17(18)19)12(14)8-11/h5-6,8,10,15H,2-4,7,9,14H2,1H3. The van der Waals surface area contributed by atoms with E-state index in [1.165, 1.54) is 25.3 Å². The fourth-order valence-corrected chi connectivity index (χ4v) is 2.46. The van der Waals surface area contributed by atoms with Crippen molar-refractivity contribution >= 4 is 17.1 Å². The third-order valence-corrected chi connectivity index (χ3v) is 3.56. The maximum Gasteiger partial charge on any atom is 0.292 e. The third kappa shape index (κ3) is 3.35. The van der Waals surface area contributed by atoms with Crippen LogP contribution >= 0.6 is 0 Å². The van der Waals surface area contributed by atoms with Gasteiger partial charge in [-0.1, -0.05) is 6.42 Å². The molecule has 1 saturated heterocycles. The minimum Gasteiger partial charge on any atom is -0.393 e. The Morgan fingerprint density at radius 2 is 2.32 bits per heavy atom. The van der Waals surface area contributed by atoms with Gasteiger partial charge < -0.3 is 16.0 Å². The van der Waals surface area contributed by atoms with E-state index in [1.54, 1.807) is 12.1 Å². The number of anilines is 2. The molecule has 0 amide bonds. The Kier molecular flexibility index (Phi) is 4.21. The Bertz CT molecular complexity index is 458. The van der Waals surface area contributed by atoms with Gasteiger partial charge in [-0.2, -0.15) is 0 Å². The van der Waals surface area contributed by atoms with Crippen LogP contribution in [0.3, 0.4) is 0 Å². The van der Waals surface area contributed by atoms with Crippen LogP contribution in [-0.4, -0.2) is 31.1 Å². The minimum atomic E-state index is -0.457. The summed E-state index contributed by atoms with van der Waals surface area (Å²) in [7, 11) is 1.98. The molecular formula is C13H20N4O2. The van der Waals surface area contributed by atoms with Gasteiger partial charge in [0.2, 0.25) is 0 Å². The molecule has 2 rings (SSSR count). The van der Waals surface area contributed by atoms with Crippen LogP contribution in [0.25, 0.3) is 0 Å². The lowest BCUT2D eigenvalue weighted by Gasteiger charge is -2.29. The van der Waals surface area contributed by atoms with Crippen LogP contribution < -0.4 is 16.0 Å². The quantitative estimate of drug-likeness (QED) is 0.491. The fourth-order valence-electron chi connectivity index (χ4n) is 2.46. The Morgan fingerprint density at radius 1 is 1.53 bits per heavy atom. The molecule has 0 aliphatic carbocycles. The predicted octanol–water partition coefficient (Wildman–Crippen LogP) is 1.76. The third-order valence-electron chi connectivity index (χ3n) is 3.56. The first-order valence-electron chi connectivity index (χ1n) is 6.56. The maximum atomic E-state index is 10.7. The molecule has 0 radical (unpaired) electrons. The maximum absolute atomic E-state index is 10.7. The topological polar surface area (TPSA) is 84.4 Å². The lowest BCUT2D eigenvalue weighted by Crippen LogP contribution is -2.42. The van der Waals surface area contributed by atoms with E-state index in [9.17, 15) is 10.1 Å². The van der Waals surface area contributed by atoms with Crippen LogP contribution in [0, 0.1) is 10.1 Å². The van der Waals surface area contributed by atoms with Gasteiger partial charge >= 0.3 is 0 Å². The predicted molar refractivity (Wildman–Crippen MR) is 76.4 cm³/mol. The number of nitro benzene ring substituents is 1. The van der Waals surface area contributed by atoms with E-state index in [-0.39, 0.29) is 11.4 Å². The Hall–Kier alpha value is -1.82. The van der Waals surface area contributed by atoms with Gasteiger partial charge in [0, 0.05) is 31.4 Å². The number of benzene rings is 1. The van der Waals surface area contributed by atoms with Crippen molar-refractivity contribution in [3.8, 4) is 0 Å². The number of likely N-dealkylation sites (N-methyl/N-ethyl adjacent to an activating group) is 1. The first-order chi connectivity index (χ1) is 9.08. The van der Waals surface area contributed by atoms with E-state index in [0.717, 1.165) is 18.8 Å². The zero-order valence-corrected chi connectivity index (χ0v) is 11.1. The molecular weight excluding hydrogens is 244 g/mol. The van der Waals surface area contributed by atoms with Gasteiger partial charge in [0.05, 0.1) is 4.92 Å².